The molecule has 14 nitrogen and oxygen atoms in total. The standard InChI is InChI=1S/C23H30O14/c1-32-13-5-9-14(21(34-13)36-22-17(30)16(29)15(28)12(6-24)33-22)23(7-25)19(37-23)18(9)35-20(31)8-2-3-10(26)11(27)4-8/h2-4,9,12-19,21-22,24-30H,5-7H2,1H3/t9-,12-,13+,14-,15-,16+,17-,18+,19+,21?,22+,23-/m1/s1. The average molecular weight is 530 g/mol. The van der Waals surface area contributed by atoms with Gasteiger partial charge in [0.25, 0.3) is 0 Å². The van der Waals surface area contributed by atoms with Crippen LogP contribution in [-0.4, -0.2) is 123 Å². The second kappa shape index (κ2) is 9.89. The zero-order valence-corrected chi connectivity index (χ0v) is 19.7. The molecule has 0 bridgehead atoms. The van der Waals surface area contributed by atoms with Gasteiger partial charge in [0.1, 0.15) is 42.2 Å². The van der Waals surface area contributed by atoms with E-state index in [0.29, 0.717) is 0 Å². The van der Waals surface area contributed by atoms with E-state index in [1.807, 2.05) is 0 Å². The minimum atomic E-state index is -1.69. The number of carbonyl (C=O) groups excluding carboxylic acids is 1. The van der Waals surface area contributed by atoms with Gasteiger partial charge >= 0.3 is 5.97 Å². The Kier molecular flexibility index (Phi) is 7.08. The van der Waals surface area contributed by atoms with Crippen LogP contribution in [0.15, 0.2) is 18.2 Å². The number of fused-ring (bicyclic) bond motifs is 3. The van der Waals surface area contributed by atoms with Crippen molar-refractivity contribution in [2.24, 2.45) is 11.8 Å². The summed E-state index contributed by atoms with van der Waals surface area (Å²) in [5.74, 6) is -2.93. The third-order valence-electron chi connectivity index (χ3n) is 7.64. The number of aliphatic hydroxyl groups is 5. The van der Waals surface area contributed by atoms with Crippen LogP contribution in [0.4, 0.5) is 0 Å². The Balaban J connectivity index is 1.39. The number of benzene rings is 1. The lowest BCUT2D eigenvalue weighted by Gasteiger charge is -2.45. The van der Waals surface area contributed by atoms with Crippen LogP contribution in [-0.2, 0) is 28.4 Å². The van der Waals surface area contributed by atoms with E-state index in [0.717, 1.165) is 12.1 Å². The average Bonchev–Trinajstić information content (AvgIpc) is 3.57. The Morgan fingerprint density at radius 1 is 1.05 bits per heavy atom. The maximum Gasteiger partial charge on any atom is 0.338 e. The molecule has 206 valence electrons. The van der Waals surface area contributed by atoms with Gasteiger partial charge in [-0.05, 0) is 18.2 Å². The summed E-state index contributed by atoms with van der Waals surface area (Å²) in [4.78, 5) is 12.9. The van der Waals surface area contributed by atoms with E-state index in [1.54, 1.807) is 0 Å². The van der Waals surface area contributed by atoms with Gasteiger partial charge in [-0.3, -0.25) is 0 Å². The number of carbonyl (C=O) groups is 1. The van der Waals surface area contributed by atoms with E-state index in [1.165, 1.54) is 13.2 Å². The van der Waals surface area contributed by atoms with Crippen LogP contribution in [0.5, 0.6) is 11.5 Å². The molecule has 1 saturated carbocycles. The summed E-state index contributed by atoms with van der Waals surface area (Å²) in [5, 5.41) is 69.6. The lowest BCUT2D eigenvalue weighted by molar-refractivity contribution is -0.379. The van der Waals surface area contributed by atoms with Crippen molar-refractivity contribution in [1.29, 1.82) is 0 Å². The minimum Gasteiger partial charge on any atom is -0.504 e. The Labute approximate surface area is 210 Å². The second-order valence-corrected chi connectivity index (χ2v) is 9.65. The molecule has 0 spiro atoms. The van der Waals surface area contributed by atoms with Crippen molar-refractivity contribution in [3.8, 4) is 11.5 Å². The fraction of sp³-hybridized carbons (Fsp3) is 0.696. The zero-order chi connectivity index (χ0) is 26.6. The second-order valence-electron chi connectivity index (χ2n) is 9.65. The lowest BCUT2D eigenvalue weighted by atomic mass is 9.82. The van der Waals surface area contributed by atoms with Crippen LogP contribution in [0.3, 0.4) is 0 Å². The predicted molar refractivity (Wildman–Crippen MR) is 116 cm³/mol. The number of ether oxygens (including phenoxy) is 6. The van der Waals surface area contributed by atoms with Crippen molar-refractivity contribution >= 4 is 5.97 Å². The van der Waals surface area contributed by atoms with Gasteiger partial charge in [-0.1, -0.05) is 0 Å². The molecule has 4 fully saturated rings. The Bertz CT molecular complexity index is 1000. The SMILES string of the molecule is CO[C@@H]1C[C@H]2[C@H](OC(=O)c3ccc(O)c(O)c3)[C@@H]3O[C@]3(CO)[C@H]2C(O[C@@H]2O[C@H](CO)[C@@H](O)[C@H](O)[C@H]2O)O1. The Morgan fingerprint density at radius 3 is 2.46 bits per heavy atom. The van der Waals surface area contributed by atoms with Gasteiger partial charge in [0.15, 0.2) is 30.4 Å². The van der Waals surface area contributed by atoms with Crippen LogP contribution in [0.2, 0.25) is 0 Å². The van der Waals surface area contributed by atoms with Crippen molar-refractivity contribution in [3.05, 3.63) is 23.8 Å². The van der Waals surface area contributed by atoms with Crippen molar-refractivity contribution in [3.63, 3.8) is 0 Å². The van der Waals surface area contributed by atoms with Crippen molar-refractivity contribution in [1.82, 2.24) is 0 Å². The predicted octanol–water partition coefficient (Wildman–Crippen LogP) is -2.47. The summed E-state index contributed by atoms with van der Waals surface area (Å²) in [6.07, 6.45) is -11.1. The fourth-order valence-electron chi connectivity index (χ4n) is 5.64. The van der Waals surface area contributed by atoms with Gasteiger partial charge in [-0.15, -0.1) is 0 Å². The van der Waals surface area contributed by atoms with Gasteiger partial charge in [0, 0.05) is 19.4 Å². The van der Waals surface area contributed by atoms with Crippen LogP contribution in [0.25, 0.3) is 0 Å². The molecule has 7 N–H and O–H groups in total. The maximum absolute atomic E-state index is 12.9. The molecule has 12 atom stereocenters. The van der Waals surface area contributed by atoms with Gasteiger partial charge in [0.05, 0.1) is 24.7 Å². The van der Waals surface area contributed by atoms with E-state index >= 15 is 0 Å². The van der Waals surface area contributed by atoms with Crippen molar-refractivity contribution in [2.75, 3.05) is 20.3 Å². The fourth-order valence-corrected chi connectivity index (χ4v) is 5.64. The molecule has 3 aliphatic heterocycles. The topological polar surface area (TPSA) is 217 Å². The lowest BCUT2D eigenvalue weighted by Crippen LogP contribution is -2.61. The molecule has 0 radical (unpaired) electrons. The molecule has 3 heterocycles. The number of epoxide rings is 1. The molecule has 1 aliphatic carbocycles. The first-order valence-corrected chi connectivity index (χ1v) is 11.8. The zero-order valence-electron chi connectivity index (χ0n) is 19.7. The van der Waals surface area contributed by atoms with Crippen LogP contribution >= 0.6 is 0 Å². The molecular formula is C23H30O14. The normalized spacial score (nSPS) is 44.6. The third-order valence-corrected chi connectivity index (χ3v) is 7.64. The van der Waals surface area contributed by atoms with Gasteiger partial charge in [-0.25, -0.2) is 4.79 Å². The molecule has 4 aliphatic rings. The van der Waals surface area contributed by atoms with Crippen molar-refractivity contribution < 1.29 is 69.0 Å². The quantitative estimate of drug-likeness (QED) is 0.110. The largest absolute Gasteiger partial charge is 0.504 e. The summed E-state index contributed by atoms with van der Waals surface area (Å²) >= 11 is 0. The molecule has 1 unspecified atom stereocenters. The van der Waals surface area contributed by atoms with Gasteiger partial charge < -0.3 is 64.2 Å². The highest BCUT2D eigenvalue weighted by atomic mass is 16.8. The number of phenolic OH excluding ortho intramolecular Hbond substituents is 2. The Morgan fingerprint density at radius 2 is 1.81 bits per heavy atom. The molecular weight excluding hydrogens is 500 g/mol. The smallest absolute Gasteiger partial charge is 0.338 e. The summed E-state index contributed by atoms with van der Waals surface area (Å²) in [5.41, 5.74) is -1.22. The van der Waals surface area contributed by atoms with Crippen molar-refractivity contribution in [2.45, 2.75) is 67.5 Å². The minimum absolute atomic E-state index is 0.0153. The monoisotopic (exact) mass is 530 g/mol. The molecule has 37 heavy (non-hydrogen) atoms. The Hall–Kier alpha value is -2.11. The first kappa shape index (κ1) is 26.5. The maximum atomic E-state index is 12.9. The van der Waals surface area contributed by atoms with E-state index in [2.05, 4.69) is 0 Å². The number of aliphatic hydroxyl groups excluding tert-OH is 5. The summed E-state index contributed by atoms with van der Waals surface area (Å²) in [6, 6.07) is 3.49. The highest BCUT2D eigenvalue weighted by molar-refractivity contribution is 5.90. The van der Waals surface area contributed by atoms with E-state index in [-0.39, 0.29) is 12.0 Å². The van der Waals surface area contributed by atoms with Gasteiger partial charge in [0.2, 0.25) is 0 Å². The summed E-state index contributed by atoms with van der Waals surface area (Å²) in [6.45, 7) is -1.12. The van der Waals surface area contributed by atoms with E-state index in [9.17, 15) is 40.5 Å². The first-order chi connectivity index (χ1) is 17.6. The molecule has 1 aromatic rings. The summed E-state index contributed by atoms with van der Waals surface area (Å²) < 4.78 is 34.1. The van der Waals surface area contributed by atoms with Gasteiger partial charge in [-0.2, -0.15) is 0 Å². The molecule has 0 amide bonds. The number of methoxy groups -OCH3 is 1. The highest BCUT2D eigenvalue weighted by Gasteiger charge is 2.78. The van der Waals surface area contributed by atoms with E-state index < -0.39 is 104 Å². The molecule has 3 saturated heterocycles. The summed E-state index contributed by atoms with van der Waals surface area (Å²) in [7, 11) is 1.39. The molecule has 14 heteroatoms. The number of hydrogen-bond donors (Lipinski definition) is 7. The highest BCUT2D eigenvalue weighted by Crippen LogP contribution is 2.62. The number of aromatic hydroxyl groups is 2. The number of rotatable bonds is 7. The van der Waals surface area contributed by atoms with E-state index in [4.69, 9.17) is 28.4 Å². The van der Waals surface area contributed by atoms with Crippen LogP contribution in [0.1, 0.15) is 16.8 Å². The number of phenols is 2. The molecule has 5 rings (SSSR count). The number of hydrogen-bond acceptors (Lipinski definition) is 14. The number of esters is 1. The molecule has 1 aromatic carbocycles. The third kappa shape index (κ3) is 4.36. The van der Waals surface area contributed by atoms with Crippen LogP contribution < -0.4 is 0 Å². The molecule has 0 aromatic heterocycles. The first-order valence-electron chi connectivity index (χ1n) is 11.8. The van der Waals surface area contributed by atoms with Crippen LogP contribution in [0, 0.1) is 11.8 Å².